The molecule has 12 heavy (non-hydrogen) atoms. The van der Waals surface area contributed by atoms with Gasteiger partial charge >= 0.3 is 11.9 Å². The summed E-state index contributed by atoms with van der Waals surface area (Å²) in [6, 6.07) is 0. The first-order chi connectivity index (χ1) is 5.52. The average Bonchev–Trinajstić information content (AvgIpc) is 2.31. The molecule has 0 aliphatic rings. The van der Waals surface area contributed by atoms with Gasteiger partial charge in [0.05, 0.1) is 0 Å². The molecule has 0 unspecified atom stereocenters. The molecule has 0 aliphatic heterocycles. The fourth-order valence-electron chi connectivity index (χ4n) is 0.627. The quantitative estimate of drug-likeness (QED) is 0.607. The van der Waals surface area contributed by atoms with E-state index < -0.39 is 17.6 Å². The molecule has 1 aromatic rings. The van der Waals surface area contributed by atoms with Crippen molar-refractivity contribution in [1.29, 1.82) is 0 Å². The van der Waals surface area contributed by atoms with E-state index in [2.05, 4.69) is 4.98 Å². The molecular formula is C5H4N2O4S. The Balaban J connectivity index is 3.26. The van der Waals surface area contributed by atoms with Crippen LogP contribution in [0.5, 0.6) is 0 Å². The second kappa shape index (κ2) is 2.78. The van der Waals surface area contributed by atoms with E-state index >= 15 is 0 Å². The third kappa shape index (κ3) is 1.35. The molecule has 0 saturated heterocycles. The summed E-state index contributed by atoms with van der Waals surface area (Å²) in [5, 5.41) is 16.9. The maximum Gasteiger partial charge on any atom is 0.356 e. The standard InChI is InChI=1S/C5H4N2O4S/c6-5-7-1(3(8)9)2(12-5)4(10)11/h(H2,6,7)(H,8,9)(H,10,11). The van der Waals surface area contributed by atoms with Crippen LogP contribution in [0.2, 0.25) is 0 Å². The number of thiazole rings is 1. The molecule has 0 saturated carbocycles. The van der Waals surface area contributed by atoms with E-state index in [9.17, 15) is 9.59 Å². The summed E-state index contributed by atoms with van der Waals surface area (Å²) in [6.45, 7) is 0. The van der Waals surface area contributed by atoms with E-state index in [0.29, 0.717) is 11.3 Å². The molecule has 0 aliphatic carbocycles. The zero-order valence-electron chi connectivity index (χ0n) is 5.64. The Labute approximate surface area is 70.3 Å². The average molecular weight is 188 g/mol. The number of hydrogen-bond donors (Lipinski definition) is 3. The number of anilines is 1. The van der Waals surface area contributed by atoms with Crippen LogP contribution in [0.4, 0.5) is 5.13 Å². The molecule has 1 heterocycles. The van der Waals surface area contributed by atoms with Crippen LogP contribution in [-0.2, 0) is 0 Å². The number of nitrogens with zero attached hydrogens (tertiary/aromatic N) is 1. The van der Waals surface area contributed by atoms with Gasteiger partial charge in [-0.15, -0.1) is 0 Å². The van der Waals surface area contributed by atoms with Crippen molar-refractivity contribution in [3.05, 3.63) is 10.6 Å². The largest absolute Gasteiger partial charge is 0.477 e. The summed E-state index contributed by atoms with van der Waals surface area (Å²) in [7, 11) is 0. The topological polar surface area (TPSA) is 114 Å². The zero-order chi connectivity index (χ0) is 9.30. The summed E-state index contributed by atoms with van der Waals surface area (Å²) >= 11 is 0.637. The van der Waals surface area contributed by atoms with Crippen molar-refractivity contribution in [2.24, 2.45) is 0 Å². The summed E-state index contributed by atoms with van der Waals surface area (Å²) in [4.78, 5) is 23.8. The van der Waals surface area contributed by atoms with Crippen LogP contribution in [0.1, 0.15) is 20.2 Å². The number of aromatic nitrogens is 1. The third-order valence-electron chi connectivity index (χ3n) is 1.04. The molecule has 0 aromatic carbocycles. The van der Waals surface area contributed by atoms with Crippen LogP contribution in [0.3, 0.4) is 0 Å². The fourth-order valence-corrected chi connectivity index (χ4v) is 1.29. The first-order valence-corrected chi connectivity index (χ1v) is 3.57. The Kier molecular flexibility index (Phi) is 1.96. The first-order valence-electron chi connectivity index (χ1n) is 2.75. The third-order valence-corrected chi connectivity index (χ3v) is 1.91. The minimum Gasteiger partial charge on any atom is -0.477 e. The van der Waals surface area contributed by atoms with Crippen LogP contribution < -0.4 is 5.73 Å². The molecule has 0 spiro atoms. The number of hydrogen-bond acceptors (Lipinski definition) is 5. The lowest BCUT2D eigenvalue weighted by molar-refractivity contribution is 0.0651. The summed E-state index contributed by atoms with van der Waals surface area (Å²) in [6.07, 6.45) is 0. The summed E-state index contributed by atoms with van der Waals surface area (Å²) in [5.74, 6) is -2.72. The lowest BCUT2D eigenvalue weighted by Gasteiger charge is -1.87. The van der Waals surface area contributed by atoms with Gasteiger partial charge in [0, 0.05) is 0 Å². The van der Waals surface area contributed by atoms with Crippen molar-refractivity contribution in [1.82, 2.24) is 4.98 Å². The number of nitrogens with two attached hydrogens (primary N) is 1. The number of carboxylic acid groups (broad SMARTS) is 2. The van der Waals surface area contributed by atoms with Crippen LogP contribution >= 0.6 is 11.3 Å². The first kappa shape index (κ1) is 8.47. The molecule has 0 atom stereocenters. The Morgan fingerprint density at radius 1 is 1.33 bits per heavy atom. The van der Waals surface area contributed by atoms with E-state index in [-0.39, 0.29) is 10.0 Å². The number of carbonyl (C=O) groups is 2. The van der Waals surface area contributed by atoms with E-state index in [1.54, 1.807) is 0 Å². The molecule has 0 radical (unpaired) electrons. The Hall–Kier alpha value is -1.63. The van der Waals surface area contributed by atoms with Gasteiger partial charge in [0.1, 0.15) is 4.88 Å². The monoisotopic (exact) mass is 188 g/mol. The highest BCUT2D eigenvalue weighted by Gasteiger charge is 2.21. The molecule has 4 N–H and O–H groups in total. The maximum atomic E-state index is 10.4. The van der Waals surface area contributed by atoms with E-state index in [4.69, 9.17) is 15.9 Å². The molecule has 6 nitrogen and oxygen atoms in total. The second-order valence-electron chi connectivity index (χ2n) is 1.84. The van der Waals surface area contributed by atoms with Crippen LogP contribution in [0.25, 0.3) is 0 Å². The molecule has 1 rings (SSSR count). The van der Waals surface area contributed by atoms with E-state index in [1.165, 1.54) is 0 Å². The maximum absolute atomic E-state index is 10.4. The van der Waals surface area contributed by atoms with Gasteiger partial charge in [0.25, 0.3) is 0 Å². The highest BCUT2D eigenvalue weighted by molar-refractivity contribution is 7.17. The molecule has 0 amide bonds. The Morgan fingerprint density at radius 2 is 1.92 bits per heavy atom. The highest BCUT2D eigenvalue weighted by Crippen LogP contribution is 2.19. The number of aromatic carboxylic acids is 2. The molecule has 0 fully saturated rings. The molecule has 7 heteroatoms. The van der Waals surface area contributed by atoms with Gasteiger partial charge in [0.2, 0.25) is 0 Å². The van der Waals surface area contributed by atoms with Crippen LogP contribution in [0, 0.1) is 0 Å². The minimum absolute atomic E-state index is 0.0650. The van der Waals surface area contributed by atoms with Crippen LogP contribution in [0.15, 0.2) is 0 Å². The van der Waals surface area contributed by atoms with Gasteiger partial charge in [0.15, 0.2) is 10.8 Å². The molecular weight excluding hydrogens is 184 g/mol. The summed E-state index contributed by atoms with van der Waals surface area (Å²) < 4.78 is 0. The number of nitrogen functional groups attached to an aromatic ring is 1. The molecule has 0 bridgehead atoms. The normalized spacial score (nSPS) is 9.67. The van der Waals surface area contributed by atoms with Gasteiger partial charge in [-0.25, -0.2) is 14.6 Å². The highest BCUT2D eigenvalue weighted by atomic mass is 32.1. The van der Waals surface area contributed by atoms with Crippen molar-refractivity contribution >= 4 is 28.4 Å². The second-order valence-corrected chi connectivity index (χ2v) is 2.87. The van der Waals surface area contributed by atoms with Crippen LogP contribution in [-0.4, -0.2) is 27.1 Å². The minimum atomic E-state index is -1.39. The van der Waals surface area contributed by atoms with Gasteiger partial charge in [-0.1, -0.05) is 11.3 Å². The van der Waals surface area contributed by atoms with E-state index in [0.717, 1.165) is 0 Å². The van der Waals surface area contributed by atoms with Crippen molar-refractivity contribution in [3.8, 4) is 0 Å². The predicted molar refractivity (Wildman–Crippen MR) is 40.4 cm³/mol. The molecule has 1 aromatic heterocycles. The van der Waals surface area contributed by atoms with Crippen molar-refractivity contribution in [2.45, 2.75) is 0 Å². The number of rotatable bonds is 2. The van der Waals surface area contributed by atoms with Crippen molar-refractivity contribution in [3.63, 3.8) is 0 Å². The zero-order valence-corrected chi connectivity index (χ0v) is 6.46. The molecule has 64 valence electrons. The van der Waals surface area contributed by atoms with Crippen molar-refractivity contribution < 1.29 is 19.8 Å². The Bertz CT molecular complexity index is 314. The Morgan fingerprint density at radius 3 is 2.25 bits per heavy atom. The summed E-state index contributed by atoms with van der Waals surface area (Å²) in [5.41, 5.74) is 4.63. The lowest BCUT2D eigenvalue weighted by atomic mass is 10.4. The van der Waals surface area contributed by atoms with Gasteiger partial charge < -0.3 is 15.9 Å². The van der Waals surface area contributed by atoms with Gasteiger partial charge in [-0.2, -0.15) is 0 Å². The lowest BCUT2D eigenvalue weighted by Crippen LogP contribution is -2.05. The van der Waals surface area contributed by atoms with E-state index in [1.807, 2.05) is 0 Å². The SMILES string of the molecule is Nc1nc(C(=O)O)c(C(=O)O)s1. The predicted octanol–water partition coefficient (Wildman–Crippen LogP) is 0.122. The fraction of sp³-hybridized carbons (Fsp3) is 0. The number of carboxylic acids is 2. The smallest absolute Gasteiger partial charge is 0.356 e. The van der Waals surface area contributed by atoms with Crippen molar-refractivity contribution in [2.75, 3.05) is 5.73 Å². The van der Waals surface area contributed by atoms with Gasteiger partial charge in [-0.3, -0.25) is 0 Å². The van der Waals surface area contributed by atoms with Gasteiger partial charge in [-0.05, 0) is 0 Å².